The largest absolute Gasteiger partial charge is 0.497 e. The van der Waals surface area contributed by atoms with Crippen LogP contribution in [0.5, 0.6) is 11.5 Å². The second-order valence-electron chi connectivity index (χ2n) is 5.49. The number of nitrogen functional groups attached to an aromatic ring is 1. The van der Waals surface area contributed by atoms with Crippen LogP contribution in [0.1, 0.15) is 36.5 Å². The van der Waals surface area contributed by atoms with Crippen molar-refractivity contribution in [2.75, 3.05) is 24.8 Å². The van der Waals surface area contributed by atoms with Crippen molar-refractivity contribution in [1.29, 1.82) is 0 Å². The number of rotatable bonds is 8. The standard InChI is InChI=1S/C19H24N2O3/c1-3-4-5-12-24-15-8-6-14(7-9-15)19(22)21-18-13-16(23-2)10-11-17(18)20/h6-11,13H,3-5,12,20H2,1-2H3,(H,21,22). The third-order valence-corrected chi connectivity index (χ3v) is 3.64. The van der Waals surface area contributed by atoms with Gasteiger partial charge in [-0.3, -0.25) is 4.79 Å². The molecule has 2 aromatic rings. The van der Waals surface area contributed by atoms with E-state index in [1.54, 1.807) is 49.6 Å². The first-order valence-electron chi connectivity index (χ1n) is 8.11. The first-order valence-corrected chi connectivity index (χ1v) is 8.11. The molecule has 0 aromatic heterocycles. The molecule has 3 N–H and O–H groups in total. The van der Waals surface area contributed by atoms with Crippen LogP contribution in [0.2, 0.25) is 0 Å². The van der Waals surface area contributed by atoms with Crippen LogP contribution in [0.15, 0.2) is 42.5 Å². The smallest absolute Gasteiger partial charge is 0.255 e. The van der Waals surface area contributed by atoms with Crippen molar-refractivity contribution in [2.24, 2.45) is 0 Å². The summed E-state index contributed by atoms with van der Waals surface area (Å²) >= 11 is 0. The molecule has 0 unspecified atom stereocenters. The Balaban J connectivity index is 1.97. The van der Waals surface area contributed by atoms with Gasteiger partial charge in [-0.05, 0) is 42.8 Å². The molecule has 0 saturated heterocycles. The maximum absolute atomic E-state index is 12.3. The van der Waals surface area contributed by atoms with E-state index in [4.69, 9.17) is 15.2 Å². The van der Waals surface area contributed by atoms with E-state index in [-0.39, 0.29) is 5.91 Å². The summed E-state index contributed by atoms with van der Waals surface area (Å²) in [6, 6.07) is 12.2. The second-order valence-corrected chi connectivity index (χ2v) is 5.49. The topological polar surface area (TPSA) is 73.6 Å². The highest BCUT2D eigenvalue weighted by atomic mass is 16.5. The van der Waals surface area contributed by atoms with E-state index in [0.29, 0.717) is 29.3 Å². The van der Waals surface area contributed by atoms with Gasteiger partial charge < -0.3 is 20.5 Å². The zero-order valence-electron chi connectivity index (χ0n) is 14.2. The van der Waals surface area contributed by atoms with Crippen molar-refractivity contribution in [3.05, 3.63) is 48.0 Å². The predicted octanol–water partition coefficient (Wildman–Crippen LogP) is 4.10. The highest BCUT2D eigenvalue weighted by Gasteiger charge is 2.09. The number of methoxy groups -OCH3 is 1. The highest BCUT2D eigenvalue weighted by molar-refractivity contribution is 6.05. The molecule has 0 aliphatic carbocycles. The SMILES string of the molecule is CCCCCOc1ccc(C(=O)Nc2cc(OC)ccc2N)cc1. The van der Waals surface area contributed by atoms with Gasteiger partial charge in [0.2, 0.25) is 0 Å². The number of nitrogens with two attached hydrogens (primary N) is 1. The summed E-state index contributed by atoms with van der Waals surface area (Å²) in [6.07, 6.45) is 3.35. The molecule has 24 heavy (non-hydrogen) atoms. The third-order valence-electron chi connectivity index (χ3n) is 3.64. The fourth-order valence-electron chi connectivity index (χ4n) is 2.21. The summed E-state index contributed by atoms with van der Waals surface area (Å²) in [7, 11) is 1.57. The molecule has 0 fully saturated rings. The first kappa shape index (κ1) is 17.7. The number of ether oxygens (including phenoxy) is 2. The average Bonchev–Trinajstić information content (AvgIpc) is 2.61. The molecule has 0 aliphatic heterocycles. The Kier molecular flexibility index (Phi) is 6.49. The van der Waals surface area contributed by atoms with E-state index in [1.807, 2.05) is 0 Å². The summed E-state index contributed by atoms with van der Waals surface area (Å²) < 4.78 is 10.8. The highest BCUT2D eigenvalue weighted by Crippen LogP contribution is 2.25. The van der Waals surface area contributed by atoms with Gasteiger partial charge in [0.25, 0.3) is 5.91 Å². The van der Waals surface area contributed by atoms with Gasteiger partial charge >= 0.3 is 0 Å². The summed E-state index contributed by atoms with van der Waals surface area (Å²) in [5, 5.41) is 2.80. The van der Waals surface area contributed by atoms with Crippen LogP contribution >= 0.6 is 0 Å². The number of carbonyl (C=O) groups is 1. The van der Waals surface area contributed by atoms with Gasteiger partial charge in [-0.2, -0.15) is 0 Å². The van der Waals surface area contributed by atoms with Crippen molar-refractivity contribution in [3.63, 3.8) is 0 Å². The molecule has 1 amide bonds. The lowest BCUT2D eigenvalue weighted by molar-refractivity contribution is 0.102. The molecule has 0 bridgehead atoms. The molecule has 128 valence electrons. The van der Waals surface area contributed by atoms with E-state index in [1.165, 1.54) is 0 Å². The van der Waals surface area contributed by atoms with Crippen molar-refractivity contribution >= 4 is 17.3 Å². The maximum atomic E-state index is 12.3. The van der Waals surface area contributed by atoms with Crippen molar-refractivity contribution < 1.29 is 14.3 Å². The van der Waals surface area contributed by atoms with Crippen molar-refractivity contribution in [2.45, 2.75) is 26.2 Å². The zero-order valence-corrected chi connectivity index (χ0v) is 14.2. The quantitative estimate of drug-likeness (QED) is 0.565. The average molecular weight is 328 g/mol. The van der Waals surface area contributed by atoms with Gasteiger partial charge in [0, 0.05) is 11.6 Å². The number of benzene rings is 2. The van der Waals surface area contributed by atoms with E-state index < -0.39 is 0 Å². The number of hydrogen-bond donors (Lipinski definition) is 2. The number of amides is 1. The number of carbonyl (C=O) groups excluding carboxylic acids is 1. The predicted molar refractivity (Wildman–Crippen MR) is 96.8 cm³/mol. The van der Waals surface area contributed by atoms with Crippen LogP contribution in [-0.2, 0) is 0 Å². The summed E-state index contributed by atoms with van der Waals surface area (Å²) in [5.41, 5.74) is 7.44. The Morgan fingerprint density at radius 3 is 2.46 bits per heavy atom. The van der Waals surface area contributed by atoms with Gasteiger partial charge in [0.05, 0.1) is 25.1 Å². The Morgan fingerprint density at radius 2 is 1.79 bits per heavy atom. The molecule has 2 aromatic carbocycles. The lowest BCUT2D eigenvalue weighted by atomic mass is 10.2. The maximum Gasteiger partial charge on any atom is 0.255 e. The molecule has 0 saturated carbocycles. The van der Waals surface area contributed by atoms with Crippen LogP contribution < -0.4 is 20.5 Å². The van der Waals surface area contributed by atoms with Crippen molar-refractivity contribution in [1.82, 2.24) is 0 Å². The number of unbranched alkanes of at least 4 members (excludes halogenated alkanes) is 2. The van der Waals surface area contributed by atoms with Crippen LogP contribution in [0, 0.1) is 0 Å². The van der Waals surface area contributed by atoms with Crippen LogP contribution in [0.4, 0.5) is 11.4 Å². The second kappa shape index (κ2) is 8.82. The molecule has 0 heterocycles. The van der Waals surface area contributed by atoms with E-state index in [9.17, 15) is 4.79 Å². The minimum absolute atomic E-state index is 0.229. The lowest BCUT2D eigenvalue weighted by Crippen LogP contribution is -2.13. The van der Waals surface area contributed by atoms with Gasteiger partial charge in [-0.15, -0.1) is 0 Å². The zero-order chi connectivity index (χ0) is 17.4. The van der Waals surface area contributed by atoms with Crippen molar-refractivity contribution in [3.8, 4) is 11.5 Å². The fourth-order valence-corrected chi connectivity index (χ4v) is 2.21. The summed E-state index contributed by atoms with van der Waals surface area (Å²) in [6.45, 7) is 2.85. The van der Waals surface area contributed by atoms with Crippen LogP contribution in [0.3, 0.4) is 0 Å². The lowest BCUT2D eigenvalue weighted by Gasteiger charge is -2.10. The molecule has 2 rings (SSSR count). The molecule has 0 atom stereocenters. The minimum Gasteiger partial charge on any atom is -0.497 e. The number of nitrogens with one attached hydrogen (secondary N) is 1. The van der Waals surface area contributed by atoms with Crippen LogP contribution in [0.25, 0.3) is 0 Å². The fraction of sp³-hybridized carbons (Fsp3) is 0.316. The molecule has 0 radical (unpaired) electrons. The van der Waals surface area contributed by atoms with Gasteiger partial charge in [-0.25, -0.2) is 0 Å². The van der Waals surface area contributed by atoms with E-state index in [2.05, 4.69) is 12.2 Å². The number of anilines is 2. The monoisotopic (exact) mass is 328 g/mol. The number of hydrogen-bond acceptors (Lipinski definition) is 4. The van der Waals surface area contributed by atoms with E-state index in [0.717, 1.165) is 25.0 Å². The summed E-state index contributed by atoms with van der Waals surface area (Å²) in [4.78, 5) is 12.3. The molecular weight excluding hydrogens is 304 g/mol. The normalized spacial score (nSPS) is 10.2. The molecular formula is C19H24N2O3. The Bertz CT molecular complexity index is 669. The summed E-state index contributed by atoms with van der Waals surface area (Å²) in [5.74, 6) is 1.17. The Labute approximate surface area is 142 Å². The third kappa shape index (κ3) is 4.91. The Hall–Kier alpha value is -2.69. The molecule has 5 nitrogen and oxygen atoms in total. The van der Waals surface area contributed by atoms with Crippen LogP contribution in [-0.4, -0.2) is 19.6 Å². The van der Waals surface area contributed by atoms with Gasteiger partial charge in [0.1, 0.15) is 11.5 Å². The molecule has 5 heteroatoms. The minimum atomic E-state index is -0.229. The molecule has 0 aliphatic rings. The van der Waals surface area contributed by atoms with E-state index >= 15 is 0 Å². The first-order chi connectivity index (χ1) is 11.6. The molecule has 0 spiro atoms. The van der Waals surface area contributed by atoms with Gasteiger partial charge in [-0.1, -0.05) is 19.8 Å². The Morgan fingerprint density at radius 1 is 1.08 bits per heavy atom. The van der Waals surface area contributed by atoms with Gasteiger partial charge in [0.15, 0.2) is 0 Å².